The van der Waals surface area contributed by atoms with Crippen LogP contribution in [0.2, 0.25) is 0 Å². The average Bonchev–Trinajstić information content (AvgIpc) is 2.49. The van der Waals surface area contributed by atoms with Crippen molar-refractivity contribution in [3.63, 3.8) is 0 Å². The zero-order valence-electron chi connectivity index (χ0n) is 13.7. The van der Waals surface area contributed by atoms with Crippen molar-refractivity contribution < 1.29 is 50.4 Å². The molecule has 10 nitrogen and oxygen atoms in total. The summed E-state index contributed by atoms with van der Waals surface area (Å²) in [6.07, 6.45) is -6.98. The minimum Gasteiger partial charge on any atom is -0.481 e. The van der Waals surface area contributed by atoms with Crippen molar-refractivity contribution in [2.45, 2.75) is 51.1 Å². The average molecular weight is 356 g/mol. The molecule has 0 spiro atoms. The summed E-state index contributed by atoms with van der Waals surface area (Å²) in [7, 11) is 0. The summed E-state index contributed by atoms with van der Waals surface area (Å²) in [5, 5.41) is 68.0. The molecule has 0 aromatic rings. The van der Waals surface area contributed by atoms with E-state index in [4.69, 9.17) is 40.9 Å². The van der Waals surface area contributed by atoms with Gasteiger partial charge in [0.1, 0.15) is 24.4 Å². The Morgan fingerprint density at radius 3 is 1.12 bits per heavy atom. The van der Waals surface area contributed by atoms with Gasteiger partial charge in [-0.1, -0.05) is 5.57 Å². The third-order valence-corrected chi connectivity index (χ3v) is 2.07. The van der Waals surface area contributed by atoms with Gasteiger partial charge in [0.05, 0.1) is 26.1 Å². The van der Waals surface area contributed by atoms with Crippen molar-refractivity contribution in [2.75, 3.05) is 13.2 Å². The molecule has 0 radical (unpaired) electrons. The molecule has 144 valence electrons. The van der Waals surface area contributed by atoms with Gasteiger partial charge in [-0.25, -0.2) is 0 Å². The first-order valence-electron chi connectivity index (χ1n) is 6.90. The second kappa shape index (κ2) is 16.3. The van der Waals surface area contributed by atoms with E-state index in [0.717, 1.165) is 0 Å². The number of rotatable bonds is 8. The van der Waals surface area contributed by atoms with E-state index in [0.29, 0.717) is 0 Å². The fourth-order valence-corrected chi connectivity index (χ4v) is 0.885. The van der Waals surface area contributed by atoms with Crippen LogP contribution in [-0.4, -0.2) is 90.4 Å². The van der Waals surface area contributed by atoms with Gasteiger partial charge in [-0.3, -0.25) is 9.59 Å². The summed E-state index contributed by atoms with van der Waals surface area (Å²) < 4.78 is 0. The molecular weight excluding hydrogens is 328 g/mol. The Kier molecular flexibility index (Phi) is 18.5. The first-order valence-corrected chi connectivity index (χ1v) is 6.90. The maximum Gasteiger partial charge on any atom is 0.303 e. The molecule has 8 N–H and O–H groups in total. The Labute approximate surface area is 139 Å². The second-order valence-corrected chi connectivity index (χ2v) is 4.98. The summed E-state index contributed by atoms with van der Waals surface area (Å²) in [4.78, 5) is 19.3. The molecule has 0 heterocycles. The third kappa shape index (κ3) is 20.4. The van der Waals surface area contributed by atoms with Crippen LogP contribution in [0.25, 0.3) is 0 Å². The molecule has 10 heteroatoms. The van der Waals surface area contributed by atoms with Crippen LogP contribution in [0.4, 0.5) is 0 Å². The molecule has 0 aliphatic heterocycles. The zero-order chi connectivity index (χ0) is 19.9. The monoisotopic (exact) mass is 356 g/mol. The van der Waals surface area contributed by atoms with E-state index in [1.165, 1.54) is 5.57 Å². The minimum atomic E-state index is -1.67. The van der Waals surface area contributed by atoms with E-state index < -0.39 is 49.6 Å². The van der Waals surface area contributed by atoms with Gasteiger partial charge < -0.3 is 40.9 Å². The summed E-state index contributed by atoms with van der Waals surface area (Å²) in [5.74, 6) is -2.15. The molecule has 0 fully saturated rings. The van der Waals surface area contributed by atoms with Crippen LogP contribution in [0.1, 0.15) is 26.7 Å². The highest BCUT2D eigenvalue weighted by molar-refractivity contribution is 5.75. The predicted octanol–water partition coefficient (Wildman–Crippen LogP) is -2.07. The van der Waals surface area contributed by atoms with E-state index in [1.807, 2.05) is 13.8 Å². The fraction of sp³-hybridized carbons (Fsp3) is 0.714. The molecule has 0 bridgehead atoms. The summed E-state index contributed by atoms with van der Waals surface area (Å²) in [5.41, 5.74) is 1.17. The Balaban J connectivity index is -0.000000316. The van der Waals surface area contributed by atoms with Gasteiger partial charge in [-0.15, -0.1) is 6.58 Å². The van der Waals surface area contributed by atoms with Crippen LogP contribution < -0.4 is 0 Å². The lowest BCUT2D eigenvalue weighted by Gasteiger charge is -2.24. The van der Waals surface area contributed by atoms with Crippen molar-refractivity contribution in [3.05, 3.63) is 12.2 Å². The maximum atomic E-state index is 9.64. The van der Waals surface area contributed by atoms with Crippen molar-refractivity contribution in [2.24, 2.45) is 0 Å². The molecule has 0 aromatic carbocycles. The summed E-state index contributed by atoms with van der Waals surface area (Å²) in [6, 6.07) is 0. The molecule has 0 rings (SSSR count). The summed E-state index contributed by atoms with van der Waals surface area (Å²) >= 11 is 0. The predicted molar refractivity (Wildman–Crippen MR) is 83.2 cm³/mol. The number of aliphatic hydroxyl groups excluding tert-OH is 6. The lowest BCUT2D eigenvalue weighted by molar-refractivity contribution is -0.143. The number of carboxylic acid groups (broad SMARTS) is 2. The number of carbonyl (C=O) groups is 2. The largest absolute Gasteiger partial charge is 0.481 e. The van der Waals surface area contributed by atoms with Crippen LogP contribution in [0, 0.1) is 0 Å². The highest BCUT2D eigenvalue weighted by Crippen LogP contribution is 2.04. The number of aliphatic hydroxyl groups is 6. The minimum absolute atomic E-state index is 0.296. The smallest absolute Gasteiger partial charge is 0.303 e. The van der Waals surface area contributed by atoms with Crippen molar-refractivity contribution in [1.29, 1.82) is 0 Å². The molecule has 24 heavy (non-hydrogen) atoms. The van der Waals surface area contributed by atoms with Gasteiger partial charge in [0.2, 0.25) is 0 Å². The lowest BCUT2D eigenvalue weighted by Crippen LogP contribution is -2.46. The molecule has 0 saturated carbocycles. The molecule has 0 aliphatic rings. The van der Waals surface area contributed by atoms with E-state index in [1.54, 1.807) is 0 Å². The Bertz CT molecular complexity index is 325. The van der Waals surface area contributed by atoms with Crippen LogP contribution >= 0.6 is 0 Å². The highest BCUT2D eigenvalue weighted by atomic mass is 16.4. The first-order chi connectivity index (χ1) is 10.9. The molecular formula is C14H28O10. The molecule has 4 unspecified atom stereocenters. The number of hydrogen-bond donors (Lipinski definition) is 8. The quantitative estimate of drug-likeness (QED) is 0.224. The topological polar surface area (TPSA) is 196 Å². The van der Waals surface area contributed by atoms with Gasteiger partial charge in [0, 0.05) is 0 Å². The fourth-order valence-electron chi connectivity index (χ4n) is 0.885. The van der Waals surface area contributed by atoms with Gasteiger partial charge >= 0.3 is 11.9 Å². The normalized spacial score (nSPS) is 14.7. The van der Waals surface area contributed by atoms with Crippen LogP contribution in [0.15, 0.2) is 12.2 Å². The molecule has 0 amide bonds. The van der Waals surface area contributed by atoms with Crippen LogP contribution in [0.5, 0.6) is 0 Å². The van der Waals surface area contributed by atoms with Crippen LogP contribution in [0.3, 0.4) is 0 Å². The first kappa shape index (κ1) is 27.3. The molecule has 0 aliphatic carbocycles. The molecule has 0 saturated heterocycles. The summed E-state index contributed by atoms with van der Waals surface area (Å²) in [6.45, 7) is 6.05. The zero-order valence-corrected chi connectivity index (χ0v) is 13.7. The standard InChI is InChI=1S/C6H14O6.C4H6O4.C4H8/c7-1-3(9)5(11)6(12)4(10)2-8;5-3(6)1-2-4(7)8;1-4(2)3/h3-12H,1-2H2;1-2H2,(H,5,6)(H,7,8);1H2,2-3H3. The van der Waals surface area contributed by atoms with E-state index in [9.17, 15) is 9.59 Å². The molecule has 0 aromatic heterocycles. The van der Waals surface area contributed by atoms with E-state index >= 15 is 0 Å². The van der Waals surface area contributed by atoms with E-state index in [2.05, 4.69) is 6.58 Å². The van der Waals surface area contributed by atoms with Crippen molar-refractivity contribution in [1.82, 2.24) is 0 Å². The maximum absolute atomic E-state index is 9.64. The molecule has 4 atom stereocenters. The Hall–Kier alpha value is -1.56. The highest BCUT2D eigenvalue weighted by Gasteiger charge is 2.29. The SMILES string of the molecule is C=C(C)C.O=C(O)CCC(=O)O.OCC(O)C(O)C(O)C(O)CO. The van der Waals surface area contributed by atoms with Crippen LogP contribution in [-0.2, 0) is 9.59 Å². The number of allylic oxidation sites excluding steroid dienone is 1. The van der Waals surface area contributed by atoms with Crippen molar-refractivity contribution in [3.8, 4) is 0 Å². The second-order valence-electron chi connectivity index (χ2n) is 4.98. The van der Waals surface area contributed by atoms with Gasteiger partial charge in [-0.05, 0) is 13.8 Å². The Morgan fingerprint density at radius 1 is 0.792 bits per heavy atom. The van der Waals surface area contributed by atoms with Gasteiger partial charge in [-0.2, -0.15) is 0 Å². The number of aliphatic carboxylic acids is 2. The van der Waals surface area contributed by atoms with Crippen molar-refractivity contribution >= 4 is 11.9 Å². The van der Waals surface area contributed by atoms with Gasteiger partial charge in [0.15, 0.2) is 0 Å². The number of hydrogen-bond acceptors (Lipinski definition) is 8. The Morgan fingerprint density at radius 2 is 1.00 bits per heavy atom. The van der Waals surface area contributed by atoms with E-state index in [-0.39, 0.29) is 12.8 Å². The number of carboxylic acids is 2. The lowest BCUT2D eigenvalue weighted by atomic mass is 10.0. The third-order valence-electron chi connectivity index (χ3n) is 2.07. The van der Waals surface area contributed by atoms with Gasteiger partial charge in [0.25, 0.3) is 0 Å².